The normalized spacial score (nSPS) is 22.2. The fourth-order valence-electron chi connectivity index (χ4n) is 1.64. The minimum atomic E-state index is 0.109. The molecule has 0 aromatic heterocycles. The molecule has 3 heteroatoms. The SMILES string of the molecule is BrCc1ccccc1C1COCCO1. The minimum absolute atomic E-state index is 0.109. The van der Waals surface area contributed by atoms with Crippen LogP contribution in [-0.2, 0) is 14.8 Å². The van der Waals surface area contributed by atoms with Gasteiger partial charge in [-0.3, -0.25) is 0 Å². The molecule has 1 heterocycles. The van der Waals surface area contributed by atoms with E-state index in [9.17, 15) is 0 Å². The van der Waals surface area contributed by atoms with Crippen molar-refractivity contribution in [1.82, 2.24) is 0 Å². The van der Waals surface area contributed by atoms with E-state index in [0.717, 1.165) is 5.33 Å². The molecule has 2 nitrogen and oxygen atoms in total. The third-order valence-electron chi connectivity index (χ3n) is 2.36. The van der Waals surface area contributed by atoms with Crippen LogP contribution in [0.25, 0.3) is 0 Å². The molecule has 1 unspecified atom stereocenters. The molecule has 0 N–H and O–H groups in total. The lowest BCUT2D eigenvalue weighted by molar-refractivity contribution is -0.0903. The number of benzene rings is 1. The van der Waals surface area contributed by atoms with Gasteiger partial charge in [-0.05, 0) is 11.1 Å². The van der Waals surface area contributed by atoms with Gasteiger partial charge in [0.2, 0.25) is 0 Å². The molecule has 1 aliphatic heterocycles. The number of alkyl halides is 1. The lowest BCUT2D eigenvalue weighted by atomic mass is 10.0. The molecule has 0 amide bonds. The van der Waals surface area contributed by atoms with Crippen LogP contribution in [-0.4, -0.2) is 19.8 Å². The van der Waals surface area contributed by atoms with Crippen molar-refractivity contribution in [2.45, 2.75) is 11.4 Å². The molecule has 0 spiro atoms. The topological polar surface area (TPSA) is 18.5 Å². The van der Waals surface area contributed by atoms with Gasteiger partial charge < -0.3 is 9.47 Å². The second-order valence-electron chi connectivity index (χ2n) is 3.27. The van der Waals surface area contributed by atoms with E-state index in [4.69, 9.17) is 9.47 Å². The summed E-state index contributed by atoms with van der Waals surface area (Å²) in [6.45, 7) is 2.08. The predicted molar refractivity (Wildman–Crippen MR) is 58.6 cm³/mol. The average Bonchev–Trinajstić information content (AvgIpc) is 2.30. The quantitative estimate of drug-likeness (QED) is 0.758. The van der Waals surface area contributed by atoms with Crippen LogP contribution in [0.15, 0.2) is 24.3 Å². The molecule has 0 bridgehead atoms. The molecule has 1 atom stereocenters. The summed E-state index contributed by atoms with van der Waals surface area (Å²) in [6, 6.07) is 8.31. The first-order valence-electron chi connectivity index (χ1n) is 4.75. The molecular weight excluding hydrogens is 244 g/mol. The smallest absolute Gasteiger partial charge is 0.106 e. The van der Waals surface area contributed by atoms with Gasteiger partial charge in [-0.15, -0.1) is 0 Å². The lowest BCUT2D eigenvalue weighted by Crippen LogP contribution is -2.22. The highest BCUT2D eigenvalue weighted by atomic mass is 79.9. The van der Waals surface area contributed by atoms with Crippen LogP contribution in [0.2, 0.25) is 0 Å². The number of hydrogen-bond acceptors (Lipinski definition) is 2. The summed E-state index contributed by atoms with van der Waals surface area (Å²) in [5.74, 6) is 0. The van der Waals surface area contributed by atoms with E-state index < -0.39 is 0 Å². The third-order valence-corrected chi connectivity index (χ3v) is 2.97. The van der Waals surface area contributed by atoms with Gasteiger partial charge in [0.15, 0.2) is 0 Å². The predicted octanol–water partition coefficient (Wildman–Crippen LogP) is 2.67. The Balaban J connectivity index is 2.20. The van der Waals surface area contributed by atoms with Crippen LogP contribution in [0, 0.1) is 0 Å². The minimum Gasteiger partial charge on any atom is -0.376 e. The summed E-state index contributed by atoms with van der Waals surface area (Å²) in [4.78, 5) is 0. The molecule has 14 heavy (non-hydrogen) atoms. The molecule has 76 valence electrons. The number of halogens is 1. The van der Waals surface area contributed by atoms with E-state index in [1.54, 1.807) is 0 Å². The Kier molecular flexibility index (Phi) is 3.56. The molecule has 1 aromatic rings. The molecule has 2 rings (SSSR count). The molecule has 1 saturated heterocycles. The van der Waals surface area contributed by atoms with Crippen LogP contribution in [0.4, 0.5) is 0 Å². The van der Waals surface area contributed by atoms with E-state index >= 15 is 0 Å². The second-order valence-corrected chi connectivity index (χ2v) is 3.83. The molecule has 0 aliphatic carbocycles. The largest absolute Gasteiger partial charge is 0.376 e. The van der Waals surface area contributed by atoms with E-state index in [0.29, 0.717) is 19.8 Å². The van der Waals surface area contributed by atoms with Gasteiger partial charge in [0.05, 0.1) is 19.8 Å². The molecular formula is C11H13BrO2. The first-order chi connectivity index (χ1) is 6.92. The molecule has 1 fully saturated rings. The van der Waals surface area contributed by atoms with Gasteiger partial charge in [0.25, 0.3) is 0 Å². The summed E-state index contributed by atoms with van der Waals surface area (Å²) >= 11 is 3.48. The summed E-state index contributed by atoms with van der Waals surface area (Å²) in [5, 5.41) is 0.864. The molecule has 1 aliphatic rings. The Morgan fingerprint density at radius 2 is 2.14 bits per heavy atom. The van der Waals surface area contributed by atoms with Crippen LogP contribution in [0.1, 0.15) is 17.2 Å². The Morgan fingerprint density at radius 1 is 1.29 bits per heavy atom. The van der Waals surface area contributed by atoms with Crippen molar-refractivity contribution in [3.05, 3.63) is 35.4 Å². The Hall–Kier alpha value is -0.380. The van der Waals surface area contributed by atoms with Gasteiger partial charge in [0, 0.05) is 5.33 Å². The van der Waals surface area contributed by atoms with Crippen LogP contribution < -0.4 is 0 Å². The summed E-state index contributed by atoms with van der Waals surface area (Å²) < 4.78 is 11.1. The van der Waals surface area contributed by atoms with Gasteiger partial charge in [0.1, 0.15) is 6.10 Å². The number of rotatable bonds is 2. The maximum Gasteiger partial charge on any atom is 0.106 e. The second kappa shape index (κ2) is 4.91. The highest BCUT2D eigenvalue weighted by Crippen LogP contribution is 2.25. The van der Waals surface area contributed by atoms with Crippen molar-refractivity contribution in [1.29, 1.82) is 0 Å². The molecule has 0 saturated carbocycles. The van der Waals surface area contributed by atoms with Crippen molar-refractivity contribution >= 4 is 15.9 Å². The van der Waals surface area contributed by atoms with Crippen molar-refractivity contribution < 1.29 is 9.47 Å². The third kappa shape index (κ3) is 2.16. The highest BCUT2D eigenvalue weighted by molar-refractivity contribution is 9.08. The number of ether oxygens (including phenoxy) is 2. The van der Waals surface area contributed by atoms with Crippen molar-refractivity contribution in [3.63, 3.8) is 0 Å². The fraction of sp³-hybridized carbons (Fsp3) is 0.455. The summed E-state index contributed by atoms with van der Waals surface area (Å²) in [6.07, 6.45) is 0.109. The zero-order valence-corrected chi connectivity index (χ0v) is 9.50. The van der Waals surface area contributed by atoms with Gasteiger partial charge in [-0.25, -0.2) is 0 Å². The van der Waals surface area contributed by atoms with Crippen LogP contribution in [0.5, 0.6) is 0 Å². The first-order valence-corrected chi connectivity index (χ1v) is 5.87. The Morgan fingerprint density at radius 3 is 2.86 bits per heavy atom. The van der Waals surface area contributed by atoms with Crippen molar-refractivity contribution in [2.24, 2.45) is 0 Å². The van der Waals surface area contributed by atoms with Gasteiger partial charge in [-0.2, -0.15) is 0 Å². The summed E-state index contributed by atoms with van der Waals surface area (Å²) in [5.41, 5.74) is 2.52. The Bertz CT molecular complexity index is 295. The first kappa shape index (κ1) is 10.1. The van der Waals surface area contributed by atoms with Crippen LogP contribution >= 0.6 is 15.9 Å². The standard InChI is InChI=1S/C11H13BrO2/c12-7-9-3-1-2-4-10(9)11-8-13-5-6-14-11/h1-4,11H,5-8H2. The van der Waals surface area contributed by atoms with Gasteiger partial charge in [-0.1, -0.05) is 40.2 Å². The maximum absolute atomic E-state index is 5.66. The van der Waals surface area contributed by atoms with Gasteiger partial charge >= 0.3 is 0 Å². The lowest BCUT2D eigenvalue weighted by Gasteiger charge is -2.24. The van der Waals surface area contributed by atoms with Crippen molar-refractivity contribution in [3.8, 4) is 0 Å². The maximum atomic E-state index is 5.66. The zero-order chi connectivity index (χ0) is 9.80. The monoisotopic (exact) mass is 256 g/mol. The number of hydrogen-bond donors (Lipinski definition) is 0. The average molecular weight is 257 g/mol. The Labute approximate surface area is 92.3 Å². The highest BCUT2D eigenvalue weighted by Gasteiger charge is 2.18. The van der Waals surface area contributed by atoms with E-state index in [1.807, 2.05) is 12.1 Å². The fourth-order valence-corrected chi connectivity index (χ4v) is 2.15. The zero-order valence-electron chi connectivity index (χ0n) is 7.91. The molecule has 1 aromatic carbocycles. The van der Waals surface area contributed by atoms with Crippen molar-refractivity contribution in [2.75, 3.05) is 19.8 Å². The van der Waals surface area contributed by atoms with Crippen LogP contribution in [0.3, 0.4) is 0 Å². The van der Waals surface area contributed by atoms with E-state index in [2.05, 4.69) is 28.1 Å². The van der Waals surface area contributed by atoms with E-state index in [1.165, 1.54) is 11.1 Å². The molecule has 0 radical (unpaired) electrons. The van der Waals surface area contributed by atoms with E-state index in [-0.39, 0.29) is 6.10 Å². The summed E-state index contributed by atoms with van der Waals surface area (Å²) in [7, 11) is 0.